The lowest BCUT2D eigenvalue weighted by Crippen LogP contribution is -2.49. The Morgan fingerprint density at radius 3 is 2.86 bits per heavy atom. The molecule has 0 saturated carbocycles. The third-order valence-corrected chi connectivity index (χ3v) is 3.54. The maximum atomic E-state index is 12.3. The summed E-state index contributed by atoms with van der Waals surface area (Å²) < 4.78 is 9.56. The van der Waals surface area contributed by atoms with Crippen molar-refractivity contribution in [1.29, 1.82) is 0 Å². The van der Waals surface area contributed by atoms with Gasteiger partial charge in [0, 0.05) is 12.8 Å². The predicted octanol–water partition coefficient (Wildman–Crippen LogP) is 0.179. The first-order chi connectivity index (χ1) is 10.6. The van der Waals surface area contributed by atoms with Gasteiger partial charge in [0.05, 0.1) is 44.4 Å². The standard InChI is InChI=1S/C14H19N3O5/c1-3-22-13(19)5-4-12(18)17-7-10-9(15-8-16-10)6-11(17)14(20)21-2/h8,11H,3-7H2,1-2H3,(H,15,16). The number of rotatable bonds is 5. The topological polar surface area (TPSA) is 102 Å². The number of nitrogens with one attached hydrogen (secondary N) is 1. The molecule has 120 valence electrons. The highest BCUT2D eigenvalue weighted by molar-refractivity contribution is 5.87. The molecule has 0 aliphatic carbocycles. The summed E-state index contributed by atoms with van der Waals surface area (Å²) in [6, 6.07) is -0.713. The number of amides is 1. The molecular weight excluding hydrogens is 290 g/mol. The Kier molecular flexibility index (Phi) is 5.13. The summed E-state index contributed by atoms with van der Waals surface area (Å²) in [5, 5.41) is 0. The van der Waals surface area contributed by atoms with E-state index in [9.17, 15) is 14.4 Å². The van der Waals surface area contributed by atoms with E-state index in [1.165, 1.54) is 18.3 Å². The van der Waals surface area contributed by atoms with Crippen LogP contribution in [0.5, 0.6) is 0 Å². The second kappa shape index (κ2) is 7.06. The zero-order valence-electron chi connectivity index (χ0n) is 12.6. The molecule has 0 fully saturated rings. The molecule has 0 aromatic carbocycles. The fraction of sp³-hybridized carbons (Fsp3) is 0.571. The van der Waals surface area contributed by atoms with E-state index in [1.807, 2.05) is 0 Å². The maximum Gasteiger partial charge on any atom is 0.329 e. The molecule has 2 rings (SSSR count). The molecule has 1 N–H and O–H groups in total. The quantitative estimate of drug-likeness (QED) is 0.779. The van der Waals surface area contributed by atoms with E-state index in [0.717, 1.165) is 11.4 Å². The number of imidazole rings is 1. The third-order valence-electron chi connectivity index (χ3n) is 3.54. The molecule has 1 aromatic rings. The number of hydrogen-bond acceptors (Lipinski definition) is 6. The zero-order chi connectivity index (χ0) is 16.1. The maximum absolute atomic E-state index is 12.3. The minimum atomic E-state index is -0.713. The van der Waals surface area contributed by atoms with E-state index in [4.69, 9.17) is 9.47 Å². The molecule has 8 heteroatoms. The lowest BCUT2D eigenvalue weighted by Gasteiger charge is -2.33. The molecular formula is C14H19N3O5. The van der Waals surface area contributed by atoms with Gasteiger partial charge in [-0.2, -0.15) is 0 Å². The fourth-order valence-corrected chi connectivity index (χ4v) is 2.43. The number of nitrogens with zero attached hydrogens (tertiary/aromatic N) is 2. The van der Waals surface area contributed by atoms with Crippen molar-refractivity contribution in [2.24, 2.45) is 0 Å². The second-order valence-electron chi connectivity index (χ2n) is 4.90. The van der Waals surface area contributed by atoms with Crippen molar-refractivity contribution >= 4 is 17.8 Å². The van der Waals surface area contributed by atoms with Crippen LogP contribution in [0.4, 0.5) is 0 Å². The van der Waals surface area contributed by atoms with E-state index in [0.29, 0.717) is 6.42 Å². The molecule has 8 nitrogen and oxygen atoms in total. The van der Waals surface area contributed by atoms with Gasteiger partial charge in [-0.05, 0) is 6.92 Å². The summed E-state index contributed by atoms with van der Waals surface area (Å²) in [4.78, 5) is 44.1. The summed E-state index contributed by atoms with van der Waals surface area (Å²) in [6.45, 7) is 2.23. The first-order valence-electron chi connectivity index (χ1n) is 7.10. The minimum Gasteiger partial charge on any atom is -0.467 e. The number of aromatic nitrogens is 2. The van der Waals surface area contributed by atoms with Crippen LogP contribution in [-0.2, 0) is 36.8 Å². The van der Waals surface area contributed by atoms with Crippen LogP contribution in [0.25, 0.3) is 0 Å². The number of carbonyl (C=O) groups is 3. The average molecular weight is 309 g/mol. The fourth-order valence-electron chi connectivity index (χ4n) is 2.43. The summed E-state index contributed by atoms with van der Waals surface area (Å²) in [5.74, 6) is -1.20. The second-order valence-corrected chi connectivity index (χ2v) is 4.90. The van der Waals surface area contributed by atoms with Crippen LogP contribution < -0.4 is 0 Å². The number of aromatic amines is 1. The molecule has 2 heterocycles. The van der Waals surface area contributed by atoms with E-state index < -0.39 is 18.0 Å². The SMILES string of the molecule is CCOC(=O)CCC(=O)N1Cc2[nH]cnc2CC1C(=O)OC. The molecule has 1 unspecified atom stereocenters. The van der Waals surface area contributed by atoms with E-state index >= 15 is 0 Å². The number of H-pyrrole nitrogens is 1. The molecule has 0 saturated heterocycles. The number of esters is 2. The van der Waals surface area contributed by atoms with Crippen LogP contribution >= 0.6 is 0 Å². The minimum absolute atomic E-state index is 0.00417. The highest BCUT2D eigenvalue weighted by Crippen LogP contribution is 2.22. The van der Waals surface area contributed by atoms with Crippen molar-refractivity contribution in [2.45, 2.75) is 38.8 Å². The van der Waals surface area contributed by atoms with Crippen molar-refractivity contribution in [3.63, 3.8) is 0 Å². The Morgan fingerprint density at radius 1 is 1.41 bits per heavy atom. The van der Waals surface area contributed by atoms with Gasteiger partial charge in [0.2, 0.25) is 5.91 Å². The molecule has 0 bridgehead atoms. The largest absolute Gasteiger partial charge is 0.467 e. The number of methoxy groups -OCH3 is 1. The van der Waals surface area contributed by atoms with Gasteiger partial charge in [-0.15, -0.1) is 0 Å². The summed E-state index contributed by atoms with van der Waals surface area (Å²) >= 11 is 0. The van der Waals surface area contributed by atoms with E-state index in [2.05, 4.69) is 9.97 Å². The molecule has 1 atom stereocenters. The van der Waals surface area contributed by atoms with Gasteiger partial charge in [-0.25, -0.2) is 9.78 Å². The average Bonchev–Trinajstić information content (AvgIpc) is 2.98. The summed E-state index contributed by atoms with van der Waals surface area (Å²) in [6.07, 6.45) is 1.82. The van der Waals surface area contributed by atoms with Gasteiger partial charge in [0.1, 0.15) is 6.04 Å². The zero-order valence-corrected chi connectivity index (χ0v) is 12.6. The molecule has 22 heavy (non-hydrogen) atoms. The van der Waals surface area contributed by atoms with Gasteiger partial charge in [0.15, 0.2) is 0 Å². The molecule has 1 amide bonds. The van der Waals surface area contributed by atoms with Crippen LogP contribution in [0, 0.1) is 0 Å². The van der Waals surface area contributed by atoms with Gasteiger partial charge in [-0.1, -0.05) is 0 Å². The van der Waals surface area contributed by atoms with Gasteiger partial charge in [0.25, 0.3) is 0 Å². The predicted molar refractivity (Wildman–Crippen MR) is 74.5 cm³/mol. The smallest absolute Gasteiger partial charge is 0.329 e. The Hall–Kier alpha value is -2.38. The monoisotopic (exact) mass is 309 g/mol. The Balaban J connectivity index is 2.07. The number of carbonyl (C=O) groups excluding carboxylic acids is 3. The molecule has 1 aliphatic heterocycles. The Bertz CT molecular complexity index is 569. The van der Waals surface area contributed by atoms with Crippen LogP contribution in [0.1, 0.15) is 31.2 Å². The highest BCUT2D eigenvalue weighted by atomic mass is 16.5. The van der Waals surface area contributed by atoms with E-state index in [-0.39, 0.29) is 31.9 Å². The van der Waals surface area contributed by atoms with Gasteiger partial charge >= 0.3 is 11.9 Å². The first kappa shape index (κ1) is 16.0. The first-order valence-corrected chi connectivity index (χ1v) is 7.10. The van der Waals surface area contributed by atoms with Crippen molar-refractivity contribution in [3.8, 4) is 0 Å². The third kappa shape index (κ3) is 3.44. The lowest BCUT2D eigenvalue weighted by atomic mass is 10.0. The Morgan fingerprint density at radius 2 is 2.18 bits per heavy atom. The van der Waals surface area contributed by atoms with Crippen molar-refractivity contribution in [3.05, 3.63) is 17.7 Å². The lowest BCUT2D eigenvalue weighted by molar-refractivity contribution is -0.154. The van der Waals surface area contributed by atoms with Gasteiger partial charge in [-0.3, -0.25) is 9.59 Å². The summed E-state index contributed by atoms with van der Waals surface area (Å²) in [5.41, 5.74) is 1.55. The van der Waals surface area contributed by atoms with Crippen LogP contribution in [0.15, 0.2) is 6.33 Å². The van der Waals surface area contributed by atoms with Crippen molar-refractivity contribution < 1.29 is 23.9 Å². The number of ether oxygens (including phenoxy) is 2. The number of fused-ring (bicyclic) bond motifs is 1. The Labute approximate surface area is 127 Å². The van der Waals surface area contributed by atoms with Crippen molar-refractivity contribution in [1.82, 2.24) is 14.9 Å². The van der Waals surface area contributed by atoms with Crippen LogP contribution in [0.3, 0.4) is 0 Å². The highest BCUT2D eigenvalue weighted by Gasteiger charge is 2.36. The normalized spacial score (nSPS) is 16.8. The molecule has 1 aromatic heterocycles. The van der Waals surface area contributed by atoms with Crippen molar-refractivity contribution in [2.75, 3.05) is 13.7 Å². The summed E-state index contributed by atoms with van der Waals surface area (Å²) in [7, 11) is 1.28. The number of hydrogen-bond donors (Lipinski definition) is 1. The van der Waals surface area contributed by atoms with Crippen LogP contribution in [-0.4, -0.2) is 52.5 Å². The van der Waals surface area contributed by atoms with Gasteiger partial charge < -0.3 is 19.4 Å². The van der Waals surface area contributed by atoms with Crippen LogP contribution in [0.2, 0.25) is 0 Å². The van der Waals surface area contributed by atoms with E-state index in [1.54, 1.807) is 6.92 Å². The molecule has 0 spiro atoms. The molecule has 0 radical (unpaired) electrons. The molecule has 1 aliphatic rings.